The Morgan fingerprint density at radius 3 is 2.81 bits per heavy atom. The molecule has 1 amide bonds. The van der Waals surface area contributed by atoms with Crippen LogP contribution < -0.4 is 9.64 Å². The molecule has 0 unspecified atom stereocenters. The summed E-state index contributed by atoms with van der Waals surface area (Å²) in [5, 5.41) is 0. The predicted molar refractivity (Wildman–Crippen MR) is 76.5 cm³/mol. The maximum absolute atomic E-state index is 12.0. The van der Waals surface area contributed by atoms with Crippen LogP contribution in [0, 0.1) is 0 Å². The number of carbonyl (C=O) groups is 1. The van der Waals surface area contributed by atoms with E-state index >= 15 is 0 Å². The third kappa shape index (κ3) is 3.96. The highest BCUT2D eigenvalue weighted by atomic mass is 19.1. The van der Waals surface area contributed by atoms with E-state index in [9.17, 15) is 9.18 Å². The second kappa shape index (κ2) is 7.66. The molecule has 0 atom stereocenters. The third-order valence-corrected chi connectivity index (χ3v) is 3.19. The Kier molecular flexibility index (Phi) is 5.59. The Balaban J connectivity index is 1.93. The highest BCUT2D eigenvalue weighted by Gasteiger charge is 2.24. The van der Waals surface area contributed by atoms with Gasteiger partial charge in [0.05, 0.1) is 6.61 Å². The number of piperazine rings is 1. The summed E-state index contributed by atoms with van der Waals surface area (Å²) in [4.78, 5) is 19.7. The van der Waals surface area contributed by atoms with Crippen molar-refractivity contribution in [3.8, 4) is 5.75 Å². The molecule has 2 heterocycles. The summed E-state index contributed by atoms with van der Waals surface area (Å²) >= 11 is 0. The average Bonchev–Trinajstić information content (AvgIpc) is 2.53. The number of rotatable bonds is 5. The molecule has 1 fully saturated rings. The molecule has 0 N–H and O–H groups in total. The van der Waals surface area contributed by atoms with Gasteiger partial charge in [-0.2, -0.15) is 0 Å². The van der Waals surface area contributed by atoms with E-state index in [1.54, 1.807) is 11.1 Å². The highest BCUT2D eigenvalue weighted by Crippen LogP contribution is 2.26. The van der Waals surface area contributed by atoms with Gasteiger partial charge in [0.15, 0.2) is 11.6 Å². The molecule has 1 aromatic rings. The van der Waals surface area contributed by atoms with E-state index < -0.39 is 12.8 Å². The van der Waals surface area contributed by atoms with Crippen molar-refractivity contribution in [3.05, 3.63) is 18.3 Å². The summed E-state index contributed by atoms with van der Waals surface area (Å²) in [5.74, 6) is 1.53. The van der Waals surface area contributed by atoms with Crippen molar-refractivity contribution in [2.24, 2.45) is 0 Å². The minimum absolute atomic E-state index is 0.187. The lowest BCUT2D eigenvalue weighted by molar-refractivity contribution is 0.0943. The Bertz CT molecular complexity index is 465. The Morgan fingerprint density at radius 1 is 1.38 bits per heavy atom. The Morgan fingerprint density at radius 2 is 2.14 bits per heavy atom. The lowest BCUT2D eigenvalue weighted by atomic mass is 10.3. The fourth-order valence-corrected chi connectivity index (χ4v) is 2.21. The zero-order valence-electron chi connectivity index (χ0n) is 12.1. The predicted octanol–water partition coefficient (Wildman–Crippen LogP) is 1.71. The van der Waals surface area contributed by atoms with Crippen LogP contribution in [0.15, 0.2) is 18.3 Å². The highest BCUT2D eigenvalue weighted by molar-refractivity contribution is 5.68. The third-order valence-electron chi connectivity index (χ3n) is 3.19. The quantitative estimate of drug-likeness (QED) is 0.828. The average molecular weight is 297 g/mol. The number of anilines is 1. The van der Waals surface area contributed by atoms with Crippen LogP contribution in [0.1, 0.15) is 6.92 Å². The number of hydrogen-bond donors (Lipinski definition) is 0. The van der Waals surface area contributed by atoms with Crippen LogP contribution in [0.2, 0.25) is 0 Å². The second-order valence-electron chi connectivity index (χ2n) is 4.54. The molecule has 1 aromatic heterocycles. The number of halogens is 1. The van der Waals surface area contributed by atoms with Gasteiger partial charge < -0.3 is 19.3 Å². The topological polar surface area (TPSA) is 54.9 Å². The number of aromatic nitrogens is 1. The zero-order chi connectivity index (χ0) is 15.1. The molecule has 1 saturated heterocycles. The molecule has 116 valence electrons. The molecule has 0 aromatic carbocycles. The first-order valence-electron chi connectivity index (χ1n) is 7.06. The van der Waals surface area contributed by atoms with Crippen molar-refractivity contribution in [2.45, 2.75) is 6.92 Å². The molecule has 6 nitrogen and oxygen atoms in total. The van der Waals surface area contributed by atoms with Gasteiger partial charge in [-0.3, -0.25) is 0 Å². The normalized spacial score (nSPS) is 15.0. The summed E-state index contributed by atoms with van der Waals surface area (Å²) < 4.78 is 22.3. The van der Waals surface area contributed by atoms with Crippen molar-refractivity contribution in [1.29, 1.82) is 0 Å². The second-order valence-corrected chi connectivity index (χ2v) is 4.54. The number of pyridine rings is 1. The van der Waals surface area contributed by atoms with Crippen LogP contribution in [0.4, 0.5) is 15.0 Å². The molecular weight excluding hydrogens is 277 g/mol. The van der Waals surface area contributed by atoms with Gasteiger partial charge in [0.25, 0.3) is 0 Å². The van der Waals surface area contributed by atoms with Crippen LogP contribution >= 0.6 is 0 Å². The van der Waals surface area contributed by atoms with Crippen LogP contribution in [-0.2, 0) is 4.74 Å². The molecule has 0 aliphatic carbocycles. The summed E-state index contributed by atoms with van der Waals surface area (Å²) in [6, 6.07) is 3.72. The molecule has 0 radical (unpaired) electrons. The van der Waals surface area contributed by atoms with E-state index in [4.69, 9.17) is 9.47 Å². The molecule has 1 aliphatic rings. The number of hydrogen-bond acceptors (Lipinski definition) is 5. The Hall–Kier alpha value is -2.05. The Labute approximate surface area is 123 Å². The fourth-order valence-electron chi connectivity index (χ4n) is 2.21. The number of carbonyl (C=O) groups excluding carboxylic acids is 1. The summed E-state index contributed by atoms with van der Waals surface area (Å²) in [6.45, 7) is 3.99. The number of amides is 1. The van der Waals surface area contributed by atoms with Crippen molar-refractivity contribution in [3.63, 3.8) is 0 Å². The maximum Gasteiger partial charge on any atom is 0.409 e. The van der Waals surface area contributed by atoms with E-state index in [1.165, 1.54) is 0 Å². The van der Waals surface area contributed by atoms with Gasteiger partial charge in [-0.05, 0) is 19.1 Å². The van der Waals surface area contributed by atoms with E-state index in [2.05, 4.69) is 9.88 Å². The van der Waals surface area contributed by atoms with E-state index in [0.29, 0.717) is 32.8 Å². The lowest BCUT2D eigenvalue weighted by Crippen LogP contribution is -2.49. The van der Waals surface area contributed by atoms with Gasteiger partial charge in [0.1, 0.15) is 13.3 Å². The van der Waals surface area contributed by atoms with Gasteiger partial charge in [-0.15, -0.1) is 0 Å². The monoisotopic (exact) mass is 297 g/mol. The molecule has 0 saturated carbocycles. The van der Waals surface area contributed by atoms with Crippen molar-refractivity contribution >= 4 is 11.9 Å². The van der Waals surface area contributed by atoms with Crippen molar-refractivity contribution < 1.29 is 18.7 Å². The smallest absolute Gasteiger partial charge is 0.409 e. The zero-order valence-corrected chi connectivity index (χ0v) is 12.1. The van der Waals surface area contributed by atoms with E-state index in [0.717, 1.165) is 11.6 Å². The first-order chi connectivity index (χ1) is 10.3. The van der Waals surface area contributed by atoms with Crippen LogP contribution in [0.5, 0.6) is 5.75 Å². The number of nitrogens with zero attached hydrogens (tertiary/aromatic N) is 3. The number of alkyl halides is 1. The standard InChI is InChI=1S/C14H20FN3O3/c1-2-20-12-4-3-6-16-13(12)17-7-9-18(10-8-17)14(19)21-11-5-15/h3-4,6H,2,5,7-11H2,1H3. The molecule has 7 heteroatoms. The largest absolute Gasteiger partial charge is 0.490 e. The van der Waals surface area contributed by atoms with Gasteiger partial charge in [0.2, 0.25) is 0 Å². The van der Waals surface area contributed by atoms with Crippen LogP contribution in [0.25, 0.3) is 0 Å². The lowest BCUT2D eigenvalue weighted by Gasteiger charge is -2.35. The fraction of sp³-hybridized carbons (Fsp3) is 0.571. The molecule has 0 bridgehead atoms. The molecule has 1 aliphatic heterocycles. The van der Waals surface area contributed by atoms with Gasteiger partial charge in [-0.25, -0.2) is 14.2 Å². The SMILES string of the molecule is CCOc1cccnc1N1CCN(C(=O)OCCF)CC1. The van der Waals surface area contributed by atoms with Crippen LogP contribution in [-0.4, -0.2) is 62.0 Å². The first-order valence-corrected chi connectivity index (χ1v) is 7.06. The van der Waals surface area contributed by atoms with E-state index in [-0.39, 0.29) is 6.61 Å². The summed E-state index contributed by atoms with van der Waals surface area (Å²) in [6.07, 6.45) is 1.26. The molecule has 2 rings (SSSR count). The minimum atomic E-state index is -0.655. The van der Waals surface area contributed by atoms with Crippen molar-refractivity contribution in [1.82, 2.24) is 9.88 Å². The molecular formula is C14H20FN3O3. The maximum atomic E-state index is 12.0. The van der Waals surface area contributed by atoms with Gasteiger partial charge in [-0.1, -0.05) is 0 Å². The van der Waals surface area contributed by atoms with Crippen LogP contribution in [0.3, 0.4) is 0 Å². The van der Waals surface area contributed by atoms with Gasteiger partial charge >= 0.3 is 6.09 Å². The summed E-state index contributed by atoms with van der Waals surface area (Å²) in [7, 11) is 0. The van der Waals surface area contributed by atoms with Crippen molar-refractivity contribution in [2.75, 3.05) is 51.0 Å². The molecule has 0 spiro atoms. The van der Waals surface area contributed by atoms with Gasteiger partial charge in [0, 0.05) is 32.4 Å². The minimum Gasteiger partial charge on any atom is -0.490 e. The summed E-state index contributed by atoms with van der Waals surface area (Å²) in [5.41, 5.74) is 0. The first kappa shape index (κ1) is 15.3. The molecule has 21 heavy (non-hydrogen) atoms. The number of ether oxygens (including phenoxy) is 2. The van der Waals surface area contributed by atoms with E-state index in [1.807, 2.05) is 19.1 Å².